The Kier molecular flexibility index (Phi) is 4.65. The van der Waals surface area contributed by atoms with Gasteiger partial charge in [0.15, 0.2) is 5.69 Å². The van der Waals surface area contributed by atoms with Crippen LogP contribution in [-0.4, -0.2) is 28.5 Å². The van der Waals surface area contributed by atoms with E-state index in [4.69, 9.17) is 4.74 Å². The molecule has 0 saturated carbocycles. The third kappa shape index (κ3) is 3.25. The van der Waals surface area contributed by atoms with Crippen LogP contribution in [0.15, 0.2) is 30.6 Å². The summed E-state index contributed by atoms with van der Waals surface area (Å²) >= 11 is 0. The van der Waals surface area contributed by atoms with Crippen LogP contribution in [0.2, 0.25) is 0 Å². The van der Waals surface area contributed by atoms with Crippen molar-refractivity contribution in [3.05, 3.63) is 40.7 Å². The van der Waals surface area contributed by atoms with Gasteiger partial charge in [0.25, 0.3) is 0 Å². The fourth-order valence-electron chi connectivity index (χ4n) is 1.91. The zero-order valence-electron chi connectivity index (χ0n) is 11.9. The van der Waals surface area contributed by atoms with Crippen LogP contribution in [0.25, 0.3) is 11.3 Å². The molecule has 1 N–H and O–H groups in total. The van der Waals surface area contributed by atoms with Crippen molar-refractivity contribution in [3.8, 4) is 17.0 Å². The van der Waals surface area contributed by atoms with Gasteiger partial charge in [0.1, 0.15) is 12.1 Å². The molecule has 0 bridgehead atoms. The van der Waals surface area contributed by atoms with Crippen LogP contribution in [0.3, 0.4) is 0 Å². The number of ether oxygens (including phenoxy) is 1. The fourth-order valence-corrected chi connectivity index (χ4v) is 1.91. The van der Waals surface area contributed by atoms with Gasteiger partial charge in [-0.2, -0.15) is 0 Å². The third-order valence-electron chi connectivity index (χ3n) is 2.89. The fraction of sp³-hybridized carbons (Fsp3) is 0.286. The SMILES string of the molecule is CCCNc1ncnc(-c2cccc(OC)c2)c1[N+](=O)[O-]. The van der Waals surface area contributed by atoms with Crippen molar-refractivity contribution < 1.29 is 9.66 Å². The Morgan fingerprint density at radius 1 is 1.38 bits per heavy atom. The maximum absolute atomic E-state index is 11.4. The normalized spacial score (nSPS) is 10.2. The molecule has 1 heterocycles. The minimum atomic E-state index is -0.465. The summed E-state index contributed by atoms with van der Waals surface area (Å²) in [6.07, 6.45) is 2.16. The van der Waals surface area contributed by atoms with Gasteiger partial charge in [0.05, 0.1) is 12.0 Å². The second kappa shape index (κ2) is 6.65. The van der Waals surface area contributed by atoms with Crippen molar-refractivity contribution in [2.45, 2.75) is 13.3 Å². The maximum atomic E-state index is 11.4. The molecular weight excluding hydrogens is 272 g/mol. The first-order valence-electron chi connectivity index (χ1n) is 6.55. The number of benzene rings is 1. The molecule has 1 aromatic heterocycles. The molecule has 21 heavy (non-hydrogen) atoms. The summed E-state index contributed by atoms with van der Waals surface area (Å²) in [5.41, 5.74) is 0.759. The number of aromatic nitrogens is 2. The minimum absolute atomic E-state index is 0.126. The molecule has 0 saturated heterocycles. The predicted molar refractivity (Wildman–Crippen MR) is 79.5 cm³/mol. The molecule has 0 amide bonds. The van der Waals surface area contributed by atoms with Gasteiger partial charge in [-0.25, -0.2) is 9.97 Å². The number of hydrogen-bond donors (Lipinski definition) is 1. The molecule has 7 heteroatoms. The highest BCUT2D eigenvalue weighted by Gasteiger charge is 2.23. The van der Waals surface area contributed by atoms with Crippen LogP contribution < -0.4 is 10.1 Å². The Hall–Kier alpha value is -2.70. The van der Waals surface area contributed by atoms with Crippen molar-refractivity contribution >= 4 is 11.5 Å². The molecule has 0 atom stereocenters. The molecule has 0 aliphatic heterocycles. The lowest BCUT2D eigenvalue weighted by Crippen LogP contribution is -2.07. The van der Waals surface area contributed by atoms with E-state index in [2.05, 4.69) is 15.3 Å². The van der Waals surface area contributed by atoms with Crippen molar-refractivity contribution in [2.75, 3.05) is 19.0 Å². The highest BCUT2D eigenvalue weighted by Crippen LogP contribution is 2.33. The summed E-state index contributed by atoms with van der Waals surface area (Å²) < 4.78 is 5.14. The Bertz CT molecular complexity index is 646. The maximum Gasteiger partial charge on any atom is 0.337 e. The van der Waals surface area contributed by atoms with Gasteiger partial charge in [-0.3, -0.25) is 10.1 Å². The van der Waals surface area contributed by atoms with Crippen LogP contribution in [0.1, 0.15) is 13.3 Å². The number of nitro groups is 1. The van der Waals surface area contributed by atoms with Gasteiger partial charge < -0.3 is 10.1 Å². The van der Waals surface area contributed by atoms with Gasteiger partial charge in [-0.1, -0.05) is 19.1 Å². The smallest absolute Gasteiger partial charge is 0.337 e. The molecule has 2 aromatic rings. The van der Waals surface area contributed by atoms with Crippen molar-refractivity contribution in [1.82, 2.24) is 9.97 Å². The zero-order valence-corrected chi connectivity index (χ0v) is 11.9. The quantitative estimate of drug-likeness (QED) is 0.649. The molecule has 7 nitrogen and oxygen atoms in total. The number of nitrogens with one attached hydrogen (secondary N) is 1. The van der Waals surface area contributed by atoms with Crippen LogP contribution in [0.4, 0.5) is 11.5 Å². The van der Waals surface area contributed by atoms with E-state index >= 15 is 0 Å². The molecule has 0 radical (unpaired) electrons. The summed E-state index contributed by atoms with van der Waals surface area (Å²) in [4.78, 5) is 19.0. The second-order valence-electron chi connectivity index (χ2n) is 4.34. The molecule has 0 fully saturated rings. The average molecular weight is 288 g/mol. The molecule has 0 aliphatic carbocycles. The van der Waals surface area contributed by atoms with Crippen LogP contribution in [0.5, 0.6) is 5.75 Å². The zero-order chi connectivity index (χ0) is 15.2. The van der Waals surface area contributed by atoms with Crippen LogP contribution in [0, 0.1) is 10.1 Å². The number of hydrogen-bond acceptors (Lipinski definition) is 6. The van der Waals surface area contributed by atoms with Crippen molar-refractivity contribution in [1.29, 1.82) is 0 Å². The van der Waals surface area contributed by atoms with Crippen molar-refractivity contribution in [3.63, 3.8) is 0 Å². The third-order valence-corrected chi connectivity index (χ3v) is 2.89. The Balaban J connectivity index is 2.54. The van der Waals surface area contributed by atoms with Crippen molar-refractivity contribution in [2.24, 2.45) is 0 Å². The van der Waals surface area contributed by atoms with Gasteiger partial charge in [0, 0.05) is 12.1 Å². The van der Waals surface area contributed by atoms with E-state index in [0.29, 0.717) is 17.9 Å². The first-order valence-corrected chi connectivity index (χ1v) is 6.55. The van der Waals surface area contributed by atoms with E-state index in [9.17, 15) is 10.1 Å². The van der Waals surface area contributed by atoms with E-state index in [0.717, 1.165) is 6.42 Å². The van der Waals surface area contributed by atoms with Gasteiger partial charge in [-0.05, 0) is 18.6 Å². The first-order chi connectivity index (χ1) is 10.2. The number of methoxy groups -OCH3 is 1. The summed E-state index contributed by atoms with van der Waals surface area (Å²) in [6, 6.07) is 6.99. The highest BCUT2D eigenvalue weighted by atomic mass is 16.6. The Labute approximate surface area is 122 Å². The van der Waals surface area contributed by atoms with Gasteiger partial charge in [-0.15, -0.1) is 0 Å². The van der Waals surface area contributed by atoms with E-state index in [-0.39, 0.29) is 17.2 Å². The predicted octanol–water partition coefficient (Wildman–Crippen LogP) is 2.88. The Morgan fingerprint density at radius 3 is 2.86 bits per heavy atom. The van der Waals surface area contributed by atoms with Gasteiger partial charge in [0.2, 0.25) is 5.82 Å². The standard InChI is InChI=1S/C14H16N4O3/c1-3-7-15-14-13(18(19)20)12(16-9-17-14)10-5-4-6-11(8-10)21-2/h4-6,8-9H,3,7H2,1-2H3,(H,15,16,17). The van der Waals surface area contributed by atoms with E-state index in [1.165, 1.54) is 6.33 Å². The summed E-state index contributed by atoms with van der Waals surface area (Å²) in [7, 11) is 1.54. The van der Waals surface area contributed by atoms with E-state index in [1.807, 2.05) is 6.92 Å². The second-order valence-corrected chi connectivity index (χ2v) is 4.34. The largest absolute Gasteiger partial charge is 0.497 e. The topological polar surface area (TPSA) is 90.2 Å². The summed E-state index contributed by atoms with van der Waals surface area (Å²) in [5, 5.41) is 14.3. The monoisotopic (exact) mass is 288 g/mol. The van der Waals surface area contributed by atoms with Crippen LogP contribution in [-0.2, 0) is 0 Å². The lowest BCUT2D eigenvalue weighted by molar-refractivity contribution is -0.383. The molecule has 0 aliphatic rings. The lowest BCUT2D eigenvalue weighted by atomic mass is 10.1. The Morgan fingerprint density at radius 2 is 2.19 bits per heavy atom. The van der Waals surface area contributed by atoms with Gasteiger partial charge >= 0.3 is 5.69 Å². The lowest BCUT2D eigenvalue weighted by Gasteiger charge is -2.08. The molecular formula is C14H16N4O3. The molecule has 1 aromatic carbocycles. The highest BCUT2D eigenvalue weighted by molar-refractivity contribution is 5.77. The molecule has 0 spiro atoms. The number of anilines is 1. The van der Waals surface area contributed by atoms with E-state index < -0.39 is 4.92 Å². The molecule has 110 valence electrons. The van der Waals surface area contributed by atoms with E-state index in [1.54, 1.807) is 31.4 Å². The molecule has 0 unspecified atom stereocenters. The number of nitrogens with zero attached hydrogens (tertiary/aromatic N) is 3. The average Bonchev–Trinajstić information content (AvgIpc) is 2.52. The molecule has 2 rings (SSSR count). The first kappa shape index (κ1) is 14.7. The summed E-state index contributed by atoms with van der Waals surface area (Å²) in [6.45, 7) is 2.58. The number of rotatable bonds is 6. The minimum Gasteiger partial charge on any atom is -0.497 e. The summed E-state index contributed by atoms with van der Waals surface area (Å²) in [5.74, 6) is 0.846. The van der Waals surface area contributed by atoms with Crippen LogP contribution >= 0.6 is 0 Å².